The highest BCUT2D eigenvalue weighted by Gasteiger charge is 2.48. The van der Waals surface area contributed by atoms with Crippen LogP contribution in [0.25, 0.3) is 0 Å². The van der Waals surface area contributed by atoms with Gasteiger partial charge in [-0.25, -0.2) is 0 Å². The Kier molecular flexibility index (Phi) is 5.86. The molecule has 8 heteroatoms. The van der Waals surface area contributed by atoms with Crippen LogP contribution in [-0.2, 0) is 16.1 Å². The number of carboxylic acid groups (broad SMARTS) is 1. The van der Waals surface area contributed by atoms with Gasteiger partial charge in [0, 0.05) is 26.7 Å². The highest BCUT2D eigenvalue weighted by Crippen LogP contribution is 2.43. The van der Waals surface area contributed by atoms with Gasteiger partial charge < -0.3 is 19.3 Å². The van der Waals surface area contributed by atoms with E-state index in [2.05, 4.69) is 17.0 Å². The number of aryl methyl sites for hydroxylation is 1. The van der Waals surface area contributed by atoms with Crippen molar-refractivity contribution in [3.8, 4) is 0 Å². The summed E-state index contributed by atoms with van der Waals surface area (Å²) in [5.74, 6) is -0.267. The molecule has 1 N–H and O–H groups in total. The molecule has 3 rings (SSSR count). The van der Waals surface area contributed by atoms with Crippen molar-refractivity contribution in [3.63, 3.8) is 0 Å². The van der Waals surface area contributed by atoms with Gasteiger partial charge in [-0.15, -0.1) is 0 Å². The van der Waals surface area contributed by atoms with Gasteiger partial charge in [-0.1, -0.05) is 12.1 Å². The van der Waals surface area contributed by atoms with Gasteiger partial charge >= 0.3 is 5.97 Å². The van der Waals surface area contributed by atoms with Crippen molar-refractivity contribution >= 4 is 11.9 Å². The van der Waals surface area contributed by atoms with Crippen LogP contribution in [-0.4, -0.2) is 71.3 Å². The van der Waals surface area contributed by atoms with Crippen molar-refractivity contribution < 1.29 is 24.0 Å². The largest absolute Gasteiger partial charge is 0.480 e. The Balaban J connectivity index is 1.67. The van der Waals surface area contributed by atoms with Crippen molar-refractivity contribution in [1.82, 2.24) is 15.0 Å². The average Bonchev–Trinajstić information content (AvgIpc) is 3.18. The molecule has 1 atom stereocenters. The summed E-state index contributed by atoms with van der Waals surface area (Å²) in [6.07, 6.45) is 3.25. The zero-order valence-electron chi connectivity index (χ0n) is 16.4. The number of carbonyl (C=O) groups is 2. The lowest BCUT2D eigenvalue weighted by molar-refractivity contribution is -0.142. The molecule has 8 nitrogen and oxygen atoms in total. The number of likely N-dealkylation sites (tertiary alicyclic amines) is 2. The Hall–Kier alpha value is -1.93. The number of nitrogens with zero attached hydrogens (tertiary/aromatic N) is 3. The first-order chi connectivity index (χ1) is 12.9. The maximum absolute atomic E-state index is 12.9. The Bertz CT molecular complexity index is 694. The standard InChI is InChI=1S/C19H29N3O5/c1-4-7-22-12-19(10-15(22)18(24)25)5-8-21(9-6-19)17(23)16-14(11-26-3)13(2)27-20-16/h15H,4-12H2,1-3H3,(H,24,25). The third-order valence-electron chi connectivity index (χ3n) is 5.99. The Morgan fingerprint density at radius 1 is 1.37 bits per heavy atom. The smallest absolute Gasteiger partial charge is 0.320 e. The minimum absolute atomic E-state index is 0.00981. The maximum Gasteiger partial charge on any atom is 0.320 e. The lowest BCUT2D eigenvalue weighted by Gasteiger charge is -2.39. The van der Waals surface area contributed by atoms with E-state index in [0.717, 1.165) is 32.4 Å². The second kappa shape index (κ2) is 7.98. The van der Waals surface area contributed by atoms with Crippen molar-refractivity contribution in [2.24, 2.45) is 5.41 Å². The molecule has 2 aliphatic rings. The van der Waals surface area contributed by atoms with E-state index in [9.17, 15) is 14.7 Å². The summed E-state index contributed by atoms with van der Waals surface area (Å²) in [5, 5.41) is 13.5. The molecule has 2 aliphatic heterocycles. The van der Waals surface area contributed by atoms with Crippen LogP contribution in [0.5, 0.6) is 0 Å². The molecule has 0 radical (unpaired) electrons. The van der Waals surface area contributed by atoms with E-state index < -0.39 is 12.0 Å². The van der Waals surface area contributed by atoms with Crippen molar-refractivity contribution in [2.45, 2.75) is 52.2 Å². The van der Waals surface area contributed by atoms with Gasteiger partial charge in [0.1, 0.15) is 11.8 Å². The lowest BCUT2D eigenvalue weighted by atomic mass is 9.76. The van der Waals surface area contributed by atoms with Crippen LogP contribution in [0.1, 0.15) is 54.4 Å². The maximum atomic E-state index is 12.9. The minimum Gasteiger partial charge on any atom is -0.480 e. The first kappa shape index (κ1) is 19.8. The van der Waals surface area contributed by atoms with Crippen molar-refractivity contribution in [2.75, 3.05) is 33.3 Å². The van der Waals surface area contributed by atoms with Crippen LogP contribution < -0.4 is 0 Å². The zero-order valence-corrected chi connectivity index (χ0v) is 16.4. The number of aromatic nitrogens is 1. The first-order valence-corrected chi connectivity index (χ1v) is 9.61. The summed E-state index contributed by atoms with van der Waals surface area (Å²) < 4.78 is 10.3. The van der Waals surface area contributed by atoms with E-state index >= 15 is 0 Å². The van der Waals surface area contributed by atoms with Crippen LogP contribution in [0.3, 0.4) is 0 Å². The normalized spacial score (nSPS) is 22.5. The lowest BCUT2D eigenvalue weighted by Crippen LogP contribution is -2.44. The molecule has 1 aromatic rings. The molecule has 1 unspecified atom stereocenters. The molecule has 0 aromatic carbocycles. The number of piperidine rings is 1. The van der Waals surface area contributed by atoms with E-state index in [0.29, 0.717) is 43.1 Å². The van der Waals surface area contributed by atoms with Crippen LogP contribution in [0.2, 0.25) is 0 Å². The Labute approximate surface area is 159 Å². The summed E-state index contributed by atoms with van der Waals surface area (Å²) in [5.41, 5.74) is 1.01. The zero-order chi connectivity index (χ0) is 19.6. The molecular formula is C19H29N3O5. The van der Waals surface area contributed by atoms with E-state index in [1.807, 2.05) is 0 Å². The van der Waals surface area contributed by atoms with E-state index in [-0.39, 0.29) is 11.3 Å². The van der Waals surface area contributed by atoms with Crippen LogP contribution in [0, 0.1) is 12.3 Å². The van der Waals surface area contributed by atoms with E-state index in [1.54, 1.807) is 18.9 Å². The molecule has 0 bridgehead atoms. The molecule has 150 valence electrons. The first-order valence-electron chi connectivity index (χ1n) is 9.61. The van der Waals surface area contributed by atoms with Crippen molar-refractivity contribution in [1.29, 1.82) is 0 Å². The average molecular weight is 379 g/mol. The molecule has 1 amide bonds. The fourth-order valence-corrected chi connectivity index (χ4v) is 4.48. The van der Waals surface area contributed by atoms with Crippen LogP contribution in [0.15, 0.2) is 4.52 Å². The quantitative estimate of drug-likeness (QED) is 0.806. The third kappa shape index (κ3) is 3.87. The number of hydrogen-bond donors (Lipinski definition) is 1. The number of amides is 1. The highest BCUT2D eigenvalue weighted by molar-refractivity contribution is 5.93. The summed E-state index contributed by atoms with van der Waals surface area (Å²) >= 11 is 0. The molecule has 3 heterocycles. The third-order valence-corrected chi connectivity index (χ3v) is 5.99. The van der Waals surface area contributed by atoms with Gasteiger partial charge in [0.05, 0.1) is 12.2 Å². The number of carbonyl (C=O) groups excluding carboxylic acids is 1. The summed E-state index contributed by atoms with van der Waals surface area (Å²) in [6, 6.07) is -0.404. The molecule has 0 saturated carbocycles. The predicted octanol–water partition coefficient (Wildman–Crippen LogP) is 1.92. The van der Waals surface area contributed by atoms with Gasteiger partial charge in [-0.2, -0.15) is 0 Å². The Morgan fingerprint density at radius 2 is 2.07 bits per heavy atom. The van der Waals surface area contributed by atoms with Gasteiger partial charge in [-0.05, 0) is 44.6 Å². The summed E-state index contributed by atoms with van der Waals surface area (Å²) in [7, 11) is 1.58. The minimum atomic E-state index is -0.735. The second-order valence-electron chi connectivity index (χ2n) is 7.82. The highest BCUT2D eigenvalue weighted by atomic mass is 16.5. The topological polar surface area (TPSA) is 96.1 Å². The van der Waals surface area contributed by atoms with Crippen LogP contribution >= 0.6 is 0 Å². The van der Waals surface area contributed by atoms with E-state index in [4.69, 9.17) is 9.26 Å². The summed E-state index contributed by atoms with van der Waals surface area (Å²) in [4.78, 5) is 28.4. The Morgan fingerprint density at radius 3 is 2.67 bits per heavy atom. The number of ether oxygens (including phenoxy) is 1. The van der Waals surface area contributed by atoms with E-state index in [1.165, 1.54) is 0 Å². The predicted molar refractivity (Wildman–Crippen MR) is 97.4 cm³/mol. The molecule has 2 fully saturated rings. The summed E-state index contributed by atoms with van der Waals surface area (Å²) in [6.45, 7) is 6.98. The van der Waals surface area contributed by atoms with Gasteiger partial charge in [0.2, 0.25) is 0 Å². The number of carboxylic acids is 1. The van der Waals surface area contributed by atoms with Gasteiger partial charge in [-0.3, -0.25) is 14.5 Å². The SMILES string of the molecule is CCCN1CC2(CCN(C(=O)c3noc(C)c3COC)CC2)CC1C(=O)O. The molecule has 2 saturated heterocycles. The monoisotopic (exact) mass is 379 g/mol. The fraction of sp³-hybridized carbons (Fsp3) is 0.737. The molecular weight excluding hydrogens is 350 g/mol. The number of methoxy groups -OCH3 is 1. The van der Waals surface area contributed by atoms with Gasteiger partial charge in [0.25, 0.3) is 5.91 Å². The number of hydrogen-bond acceptors (Lipinski definition) is 6. The van der Waals surface area contributed by atoms with Crippen molar-refractivity contribution in [3.05, 3.63) is 17.0 Å². The number of rotatable bonds is 6. The fourth-order valence-electron chi connectivity index (χ4n) is 4.48. The second-order valence-corrected chi connectivity index (χ2v) is 7.82. The molecule has 1 spiro atoms. The number of aliphatic carboxylic acids is 1. The van der Waals surface area contributed by atoms with Crippen LogP contribution in [0.4, 0.5) is 0 Å². The molecule has 0 aliphatic carbocycles. The molecule has 1 aromatic heterocycles. The van der Waals surface area contributed by atoms with Gasteiger partial charge in [0.15, 0.2) is 5.69 Å². The molecule has 27 heavy (non-hydrogen) atoms.